The van der Waals surface area contributed by atoms with E-state index in [0.717, 1.165) is 18.5 Å². The summed E-state index contributed by atoms with van der Waals surface area (Å²) in [7, 11) is 2.64. The smallest absolute Gasteiger partial charge is 0.172 e. The third kappa shape index (κ3) is 6.35. The molecule has 64 heavy (non-hydrogen) atoms. The Bertz CT molecular complexity index is 3000. The van der Waals surface area contributed by atoms with Gasteiger partial charge in [0.15, 0.2) is 7.28 Å². The van der Waals surface area contributed by atoms with E-state index in [0.29, 0.717) is 0 Å². The maximum Gasteiger partial charge on any atom is 0.172 e. The Morgan fingerprint density at radius 1 is 0.422 bits per heavy atom. The predicted octanol–water partition coefficient (Wildman–Crippen LogP) is 15.9. The van der Waals surface area contributed by atoms with Gasteiger partial charge >= 0.3 is 0 Å². The molecule has 0 saturated carbocycles. The molecule has 0 spiro atoms. The van der Waals surface area contributed by atoms with Gasteiger partial charge in [-0.3, -0.25) is 0 Å². The summed E-state index contributed by atoms with van der Waals surface area (Å²) in [5.41, 5.74) is 23.7. The Hall–Kier alpha value is -5.80. The van der Waals surface area contributed by atoms with Crippen LogP contribution in [0.1, 0.15) is 134 Å². The van der Waals surface area contributed by atoms with E-state index in [9.17, 15) is 0 Å². The minimum atomic E-state index is -0.116. The maximum atomic E-state index is 2.69. The molecular formula is C61H62BN2. The van der Waals surface area contributed by atoms with Gasteiger partial charge in [-0.25, -0.2) is 0 Å². The van der Waals surface area contributed by atoms with Crippen LogP contribution in [-0.4, -0.2) is 7.28 Å². The minimum Gasteiger partial charge on any atom is -0.311 e. The fourth-order valence-electron chi connectivity index (χ4n) is 12.8. The third-order valence-electron chi connectivity index (χ3n) is 15.4. The van der Waals surface area contributed by atoms with Crippen LogP contribution in [0.5, 0.6) is 0 Å². The SMILES string of the molecule is CC(C)(C)c1cc2c3c(c1)N(c1ccc4c(c1)C(C)(C)CC4(C)C)c1cc4c(cc1C([B]3)c1cc(-c3ccccc3)ccc1N2c1ccc(-c2ccccc2)cc1)C(C)(C)CC4(C)C. The molecule has 2 bridgehead atoms. The molecule has 2 aliphatic carbocycles. The van der Waals surface area contributed by atoms with Crippen molar-refractivity contribution >= 4 is 46.9 Å². The molecular weight excluding hydrogens is 771 g/mol. The highest BCUT2D eigenvalue weighted by molar-refractivity contribution is 6.61. The monoisotopic (exact) mass is 834 g/mol. The standard InChI is InChI=1S/C61H62BN2/c1-57(2,3)42-31-53-56-54(32-42)64(44-27-28-47-48(33-44)59(6,7)36-58(47,4)5)52-35-50-49(60(8,9)37-61(50,10)11)34-46(52)55(62-56)45-30-41(39-20-16-13-17-21-39)24-29-51(45)63(53)43-25-22-40(23-26-43)38-18-14-12-15-19-38/h12-35,55H,36-37H2,1-11H3. The van der Waals surface area contributed by atoms with Crippen molar-refractivity contribution in [3.05, 3.63) is 185 Å². The number of hydrogen-bond acceptors (Lipinski definition) is 2. The van der Waals surface area contributed by atoms with Crippen molar-refractivity contribution in [2.24, 2.45) is 0 Å². The molecule has 2 heterocycles. The average molecular weight is 834 g/mol. The van der Waals surface area contributed by atoms with Crippen molar-refractivity contribution < 1.29 is 0 Å². The van der Waals surface area contributed by atoms with Crippen molar-refractivity contribution in [2.45, 2.75) is 122 Å². The summed E-state index contributed by atoms with van der Waals surface area (Å²) in [6.45, 7) is 26.7. The van der Waals surface area contributed by atoms with E-state index in [-0.39, 0.29) is 32.9 Å². The number of anilines is 6. The fraction of sp³-hybridized carbons (Fsp3) is 0.311. The molecule has 0 N–H and O–H groups in total. The quantitative estimate of drug-likeness (QED) is 0.163. The lowest BCUT2D eigenvalue weighted by atomic mass is 9.54. The summed E-state index contributed by atoms with van der Waals surface area (Å²) in [5.74, 6) is -0.0140. The van der Waals surface area contributed by atoms with Crippen LogP contribution in [0.4, 0.5) is 34.1 Å². The molecule has 1 unspecified atom stereocenters. The maximum absolute atomic E-state index is 2.69. The van der Waals surface area contributed by atoms with E-state index in [1.807, 2.05) is 0 Å². The van der Waals surface area contributed by atoms with Crippen LogP contribution in [0.15, 0.2) is 146 Å². The lowest BCUT2D eigenvalue weighted by molar-refractivity contribution is 0.402. The van der Waals surface area contributed by atoms with Gasteiger partial charge in [0.2, 0.25) is 0 Å². The summed E-state index contributed by atoms with van der Waals surface area (Å²) in [4.78, 5) is 5.27. The van der Waals surface area contributed by atoms with Gasteiger partial charge in [0.1, 0.15) is 0 Å². The molecule has 7 aromatic rings. The molecule has 4 aliphatic rings. The van der Waals surface area contributed by atoms with Crippen LogP contribution in [0, 0.1) is 0 Å². The molecule has 3 heteroatoms. The first-order valence-electron chi connectivity index (χ1n) is 23.6. The molecule has 1 radical (unpaired) electrons. The number of rotatable bonds is 4. The first kappa shape index (κ1) is 40.9. The zero-order chi connectivity index (χ0) is 44.7. The molecule has 7 aromatic carbocycles. The first-order chi connectivity index (χ1) is 30.3. The summed E-state index contributed by atoms with van der Waals surface area (Å²) >= 11 is 0. The van der Waals surface area contributed by atoms with Gasteiger partial charge in [0.05, 0.1) is 0 Å². The Kier molecular flexibility index (Phi) is 8.86. The molecule has 0 fully saturated rings. The number of hydrogen-bond donors (Lipinski definition) is 0. The Balaban J connectivity index is 1.26. The Morgan fingerprint density at radius 3 is 1.48 bits per heavy atom. The normalized spacial score (nSPS) is 19.1. The molecule has 2 aliphatic heterocycles. The van der Waals surface area contributed by atoms with Gasteiger partial charge < -0.3 is 9.80 Å². The van der Waals surface area contributed by atoms with E-state index < -0.39 is 0 Å². The predicted molar refractivity (Wildman–Crippen MR) is 274 cm³/mol. The van der Waals surface area contributed by atoms with E-state index in [2.05, 4.69) is 239 Å². The lowest BCUT2D eigenvalue weighted by Gasteiger charge is -2.37. The highest BCUT2D eigenvalue weighted by atomic mass is 15.2. The van der Waals surface area contributed by atoms with Crippen LogP contribution in [0.25, 0.3) is 22.3 Å². The lowest BCUT2D eigenvalue weighted by Crippen LogP contribution is -2.29. The second kappa shape index (κ2) is 13.9. The molecule has 0 aromatic heterocycles. The van der Waals surface area contributed by atoms with Crippen molar-refractivity contribution in [3.63, 3.8) is 0 Å². The number of nitrogens with zero attached hydrogens (tertiary/aromatic N) is 2. The summed E-state index contributed by atoms with van der Waals surface area (Å²) < 4.78 is 0. The number of fused-ring (bicyclic) bond motifs is 7. The zero-order valence-corrected chi connectivity index (χ0v) is 39.8. The zero-order valence-electron chi connectivity index (χ0n) is 39.8. The van der Waals surface area contributed by atoms with Crippen LogP contribution in [0.2, 0.25) is 0 Å². The van der Waals surface area contributed by atoms with E-state index >= 15 is 0 Å². The third-order valence-corrected chi connectivity index (χ3v) is 15.4. The van der Waals surface area contributed by atoms with Gasteiger partial charge in [-0.2, -0.15) is 0 Å². The van der Waals surface area contributed by atoms with E-state index in [1.54, 1.807) is 0 Å². The molecule has 0 amide bonds. The Morgan fingerprint density at radius 2 is 0.891 bits per heavy atom. The highest BCUT2D eigenvalue weighted by Crippen LogP contribution is 2.58. The minimum absolute atomic E-state index is 0.0140. The van der Waals surface area contributed by atoms with E-state index in [1.165, 1.54) is 95.1 Å². The van der Waals surface area contributed by atoms with E-state index in [4.69, 9.17) is 0 Å². The molecule has 2 nitrogen and oxygen atoms in total. The van der Waals surface area contributed by atoms with Crippen molar-refractivity contribution in [1.82, 2.24) is 0 Å². The van der Waals surface area contributed by atoms with Gasteiger partial charge in [-0.05, 0) is 167 Å². The highest BCUT2D eigenvalue weighted by Gasteiger charge is 2.47. The van der Waals surface area contributed by atoms with Crippen molar-refractivity contribution in [3.8, 4) is 22.3 Å². The molecule has 11 rings (SSSR count). The molecule has 0 saturated heterocycles. The average Bonchev–Trinajstić information content (AvgIpc) is 3.41. The second-order valence-corrected chi connectivity index (χ2v) is 23.1. The molecule has 319 valence electrons. The van der Waals surface area contributed by atoms with Gasteiger partial charge in [0, 0.05) is 34.1 Å². The van der Waals surface area contributed by atoms with Crippen molar-refractivity contribution in [2.75, 3.05) is 9.80 Å². The van der Waals surface area contributed by atoms with Gasteiger partial charge in [-0.1, -0.05) is 167 Å². The molecule has 1 atom stereocenters. The largest absolute Gasteiger partial charge is 0.311 e. The van der Waals surface area contributed by atoms with Crippen molar-refractivity contribution in [1.29, 1.82) is 0 Å². The summed E-state index contributed by atoms with van der Waals surface area (Å²) in [5, 5.41) is 0. The van der Waals surface area contributed by atoms with Crippen LogP contribution in [-0.2, 0) is 27.1 Å². The summed E-state index contributed by atoms with van der Waals surface area (Å²) in [6.07, 6.45) is 2.25. The first-order valence-corrected chi connectivity index (χ1v) is 23.6. The topological polar surface area (TPSA) is 6.48 Å². The van der Waals surface area contributed by atoms with Gasteiger partial charge in [0.25, 0.3) is 0 Å². The number of benzene rings is 7. The van der Waals surface area contributed by atoms with Gasteiger partial charge in [-0.15, -0.1) is 0 Å². The second-order valence-electron chi connectivity index (χ2n) is 23.1. The fourth-order valence-corrected chi connectivity index (χ4v) is 12.8. The van der Waals surface area contributed by atoms with Crippen LogP contribution in [0.3, 0.4) is 0 Å². The van der Waals surface area contributed by atoms with Crippen LogP contribution < -0.4 is 15.3 Å². The van der Waals surface area contributed by atoms with Crippen LogP contribution >= 0.6 is 0 Å². The summed E-state index contributed by atoms with van der Waals surface area (Å²) in [6, 6.07) is 56.0. The Labute approximate surface area is 383 Å².